The Morgan fingerprint density at radius 2 is 2.33 bits per heavy atom. The van der Waals surface area contributed by atoms with Crippen molar-refractivity contribution in [2.24, 2.45) is 0 Å². The largest absolute Gasteiger partial charge is 0.298 e. The highest BCUT2D eigenvalue weighted by Gasteiger charge is 2.28. The average Bonchev–Trinajstić information content (AvgIpc) is 2.66. The number of aromatic nitrogens is 2. The molecule has 1 aliphatic heterocycles. The van der Waals surface area contributed by atoms with Crippen molar-refractivity contribution in [3.63, 3.8) is 0 Å². The summed E-state index contributed by atoms with van der Waals surface area (Å²) in [5.41, 5.74) is 0.416. The van der Waals surface area contributed by atoms with Crippen molar-refractivity contribution in [1.82, 2.24) is 15.1 Å². The molecule has 1 unspecified atom stereocenters. The maximum Gasteiger partial charge on any atom is 0.251 e. The fraction of sp³-hybridized carbons (Fsp3) is 0.333. The molecule has 1 saturated heterocycles. The van der Waals surface area contributed by atoms with Gasteiger partial charge < -0.3 is 0 Å². The highest BCUT2D eigenvalue weighted by molar-refractivity contribution is 5.99. The Labute approximate surface area is 85.3 Å². The molecule has 1 atom stereocenters. The maximum absolute atomic E-state index is 11.4. The molecule has 0 radical (unpaired) electrons. The SMILES string of the molecule is O=Cc1cnn(C2CCC(=O)NC2=O)c1. The summed E-state index contributed by atoms with van der Waals surface area (Å²) >= 11 is 0. The molecular weight excluding hydrogens is 198 g/mol. The molecule has 0 aromatic carbocycles. The lowest BCUT2D eigenvalue weighted by Gasteiger charge is -2.20. The van der Waals surface area contributed by atoms with Gasteiger partial charge in [-0.2, -0.15) is 5.10 Å². The minimum absolute atomic E-state index is 0.265. The Hall–Kier alpha value is -1.98. The fourth-order valence-corrected chi connectivity index (χ4v) is 1.52. The van der Waals surface area contributed by atoms with Crippen LogP contribution in [0, 0.1) is 0 Å². The van der Waals surface area contributed by atoms with Crippen molar-refractivity contribution in [3.8, 4) is 0 Å². The zero-order chi connectivity index (χ0) is 10.8. The molecule has 1 fully saturated rings. The molecule has 2 heterocycles. The van der Waals surface area contributed by atoms with Crippen molar-refractivity contribution >= 4 is 18.1 Å². The molecule has 2 amide bonds. The molecule has 1 aliphatic rings. The summed E-state index contributed by atoms with van der Waals surface area (Å²) in [6, 6.07) is -0.489. The third-order valence-corrected chi connectivity index (χ3v) is 2.29. The number of hydrogen-bond acceptors (Lipinski definition) is 4. The lowest BCUT2D eigenvalue weighted by molar-refractivity contribution is -0.135. The lowest BCUT2D eigenvalue weighted by atomic mass is 10.1. The molecule has 6 nitrogen and oxygen atoms in total. The van der Waals surface area contributed by atoms with E-state index < -0.39 is 6.04 Å². The Morgan fingerprint density at radius 3 is 2.93 bits per heavy atom. The number of nitrogens with zero attached hydrogens (tertiary/aromatic N) is 2. The highest BCUT2D eigenvalue weighted by Crippen LogP contribution is 2.17. The average molecular weight is 207 g/mol. The van der Waals surface area contributed by atoms with Crippen LogP contribution in [0.15, 0.2) is 12.4 Å². The predicted octanol–water partition coefficient (Wildman–Crippen LogP) is -0.327. The third-order valence-electron chi connectivity index (χ3n) is 2.29. The second-order valence-electron chi connectivity index (χ2n) is 3.34. The van der Waals surface area contributed by atoms with Crippen LogP contribution in [0.3, 0.4) is 0 Å². The first kappa shape index (κ1) is 9.57. The van der Waals surface area contributed by atoms with E-state index in [1.165, 1.54) is 17.1 Å². The van der Waals surface area contributed by atoms with E-state index in [2.05, 4.69) is 10.4 Å². The number of piperidine rings is 1. The summed E-state index contributed by atoms with van der Waals surface area (Å²) in [5.74, 6) is -0.634. The first-order chi connectivity index (χ1) is 7.20. The standard InChI is InChI=1S/C9H9N3O3/c13-5-6-3-10-12(4-6)7-1-2-8(14)11-9(7)15/h3-5,7H,1-2H2,(H,11,14,15). The molecule has 15 heavy (non-hydrogen) atoms. The summed E-state index contributed by atoms with van der Waals surface area (Å²) in [6.07, 6.45) is 4.26. The van der Waals surface area contributed by atoms with Gasteiger partial charge in [0.05, 0.1) is 11.8 Å². The van der Waals surface area contributed by atoms with E-state index in [-0.39, 0.29) is 11.8 Å². The summed E-state index contributed by atoms with van der Waals surface area (Å²) in [7, 11) is 0. The topological polar surface area (TPSA) is 81.1 Å². The molecule has 6 heteroatoms. The normalized spacial score (nSPS) is 21.2. The number of carbonyl (C=O) groups excluding carboxylic acids is 3. The van der Waals surface area contributed by atoms with Gasteiger partial charge in [-0.05, 0) is 6.42 Å². The highest BCUT2D eigenvalue weighted by atomic mass is 16.2. The van der Waals surface area contributed by atoms with Crippen LogP contribution in [0.25, 0.3) is 0 Å². The summed E-state index contributed by atoms with van der Waals surface area (Å²) in [5, 5.41) is 6.13. The van der Waals surface area contributed by atoms with Crippen LogP contribution < -0.4 is 5.32 Å². The summed E-state index contributed by atoms with van der Waals surface area (Å²) in [4.78, 5) is 32.7. The molecule has 0 saturated carbocycles. The fourth-order valence-electron chi connectivity index (χ4n) is 1.52. The number of hydrogen-bond donors (Lipinski definition) is 1. The molecule has 2 rings (SSSR count). The maximum atomic E-state index is 11.4. The zero-order valence-corrected chi connectivity index (χ0v) is 7.84. The van der Waals surface area contributed by atoms with Crippen LogP contribution >= 0.6 is 0 Å². The minimum Gasteiger partial charge on any atom is -0.298 e. The van der Waals surface area contributed by atoms with Gasteiger partial charge in [0.15, 0.2) is 6.29 Å². The van der Waals surface area contributed by atoms with Gasteiger partial charge in [-0.1, -0.05) is 0 Å². The van der Waals surface area contributed by atoms with Gasteiger partial charge in [-0.3, -0.25) is 24.4 Å². The van der Waals surface area contributed by atoms with Crippen LogP contribution in [-0.4, -0.2) is 27.9 Å². The van der Waals surface area contributed by atoms with E-state index in [9.17, 15) is 14.4 Å². The van der Waals surface area contributed by atoms with Crippen molar-refractivity contribution in [3.05, 3.63) is 18.0 Å². The number of imide groups is 1. The van der Waals surface area contributed by atoms with Gasteiger partial charge in [-0.15, -0.1) is 0 Å². The predicted molar refractivity (Wildman–Crippen MR) is 49.0 cm³/mol. The smallest absolute Gasteiger partial charge is 0.251 e. The van der Waals surface area contributed by atoms with E-state index in [0.29, 0.717) is 24.7 Å². The van der Waals surface area contributed by atoms with Crippen LogP contribution in [0.5, 0.6) is 0 Å². The molecule has 1 aromatic heterocycles. The molecule has 0 bridgehead atoms. The summed E-state index contributed by atoms with van der Waals surface area (Å²) < 4.78 is 1.41. The van der Waals surface area contributed by atoms with E-state index in [0.717, 1.165) is 0 Å². The Morgan fingerprint density at radius 1 is 1.53 bits per heavy atom. The van der Waals surface area contributed by atoms with Crippen molar-refractivity contribution < 1.29 is 14.4 Å². The van der Waals surface area contributed by atoms with E-state index in [1.54, 1.807) is 0 Å². The van der Waals surface area contributed by atoms with Gasteiger partial charge in [0.2, 0.25) is 5.91 Å². The second-order valence-corrected chi connectivity index (χ2v) is 3.34. The van der Waals surface area contributed by atoms with Crippen LogP contribution in [0.2, 0.25) is 0 Å². The molecular formula is C9H9N3O3. The second kappa shape index (κ2) is 3.64. The number of rotatable bonds is 2. The van der Waals surface area contributed by atoms with E-state index >= 15 is 0 Å². The minimum atomic E-state index is -0.489. The third kappa shape index (κ3) is 1.78. The Bertz CT molecular complexity index is 424. The monoisotopic (exact) mass is 207 g/mol. The Balaban J connectivity index is 2.20. The number of carbonyl (C=O) groups is 3. The van der Waals surface area contributed by atoms with Crippen molar-refractivity contribution in [2.75, 3.05) is 0 Å². The van der Waals surface area contributed by atoms with E-state index in [1.807, 2.05) is 0 Å². The number of nitrogens with one attached hydrogen (secondary N) is 1. The first-order valence-corrected chi connectivity index (χ1v) is 4.54. The number of aldehydes is 1. The van der Waals surface area contributed by atoms with Crippen molar-refractivity contribution in [2.45, 2.75) is 18.9 Å². The molecule has 78 valence electrons. The van der Waals surface area contributed by atoms with Gasteiger partial charge in [0.1, 0.15) is 6.04 Å². The molecule has 1 N–H and O–H groups in total. The van der Waals surface area contributed by atoms with Crippen molar-refractivity contribution in [1.29, 1.82) is 0 Å². The molecule has 0 spiro atoms. The number of amides is 2. The Kier molecular flexibility index (Phi) is 2.32. The van der Waals surface area contributed by atoms with E-state index in [4.69, 9.17) is 0 Å². The van der Waals surface area contributed by atoms with Gasteiger partial charge >= 0.3 is 0 Å². The molecule has 0 aliphatic carbocycles. The van der Waals surface area contributed by atoms with Gasteiger partial charge in [0, 0.05) is 12.6 Å². The van der Waals surface area contributed by atoms with Gasteiger partial charge in [0.25, 0.3) is 5.91 Å². The molecule has 1 aromatic rings. The quantitative estimate of drug-likeness (QED) is 0.532. The zero-order valence-electron chi connectivity index (χ0n) is 7.84. The first-order valence-electron chi connectivity index (χ1n) is 4.54. The lowest BCUT2D eigenvalue weighted by Crippen LogP contribution is -2.41. The summed E-state index contributed by atoms with van der Waals surface area (Å²) in [6.45, 7) is 0. The van der Waals surface area contributed by atoms with Crippen LogP contribution in [0.4, 0.5) is 0 Å². The van der Waals surface area contributed by atoms with Gasteiger partial charge in [-0.25, -0.2) is 0 Å². The van der Waals surface area contributed by atoms with Crippen LogP contribution in [-0.2, 0) is 9.59 Å². The van der Waals surface area contributed by atoms with Crippen LogP contribution in [0.1, 0.15) is 29.2 Å².